The van der Waals surface area contributed by atoms with Gasteiger partial charge in [-0.15, -0.1) is 0 Å². The molecule has 0 fully saturated rings. The molecule has 1 amide bonds. The number of aromatic nitrogens is 4. The summed E-state index contributed by atoms with van der Waals surface area (Å²) in [6, 6.07) is 9.47. The van der Waals surface area contributed by atoms with Gasteiger partial charge in [-0.2, -0.15) is 5.10 Å². The maximum absolute atomic E-state index is 12.2. The van der Waals surface area contributed by atoms with Gasteiger partial charge < -0.3 is 10.1 Å². The standard InChI is InChI=1S/C19H21N5O2/c1-12-5-13(2)7-16(6-12)26-10-19(25)22-17-9-18(21-11-20-17)24-15(4)8-14(3)23-24/h5-9,11H,10H2,1-4H3,(H,20,21,22,25). The lowest BCUT2D eigenvalue weighted by atomic mass is 10.1. The monoisotopic (exact) mass is 351 g/mol. The Morgan fingerprint density at radius 2 is 1.77 bits per heavy atom. The Bertz CT molecular complexity index is 929. The van der Waals surface area contributed by atoms with Gasteiger partial charge >= 0.3 is 0 Å². The Morgan fingerprint density at radius 3 is 2.42 bits per heavy atom. The Hall–Kier alpha value is -3.22. The van der Waals surface area contributed by atoms with E-state index < -0.39 is 0 Å². The molecule has 2 aromatic heterocycles. The largest absolute Gasteiger partial charge is 0.484 e. The molecule has 0 saturated heterocycles. The van der Waals surface area contributed by atoms with Crippen LogP contribution >= 0.6 is 0 Å². The van der Waals surface area contributed by atoms with Crippen molar-refractivity contribution in [2.75, 3.05) is 11.9 Å². The van der Waals surface area contributed by atoms with Gasteiger partial charge in [0.05, 0.1) is 5.69 Å². The van der Waals surface area contributed by atoms with Gasteiger partial charge in [-0.05, 0) is 57.0 Å². The first-order valence-corrected chi connectivity index (χ1v) is 8.27. The van der Waals surface area contributed by atoms with Crippen LogP contribution in [0.2, 0.25) is 0 Å². The van der Waals surface area contributed by atoms with E-state index in [0.29, 0.717) is 17.4 Å². The van der Waals surface area contributed by atoms with E-state index >= 15 is 0 Å². The number of anilines is 1. The van der Waals surface area contributed by atoms with E-state index in [1.165, 1.54) is 6.33 Å². The summed E-state index contributed by atoms with van der Waals surface area (Å²) in [7, 11) is 0. The van der Waals surface area contributed by atoms with E-state index in [2.05, 4.69) is 20.4 Å². The first-order chi connectivity index (χ1) is 12.4. The molecular formula is C19H21N5O2. The molecule has 0 unspecified atom stereocenters. The van der Waals surface area contributed by atoms with Gasteiger partial charge in [-0.1, -0.05) is 6.07 Å². The molecule has 0 saturated carbocycles. The number of carbonyl (C=O) groups excluding carboxylic acids is 1. The van der Waals surface area contributed by atoms with Crippen molar-refractivity contribution in [1.82, 2.24) is 19.7 Å². The third kappa shape index (κ3) is 4.24. The van der Waals surface area contributed by atoms with Gasteiger partial charge in [0.15, 0.2) is 12.4 Å². The summed E-state index contributed by atoms with van der Waals surface area (Å²) in [6.07, 6.45) is 1.40. The minimum absolute atomic E-state index is 0.0951. The summed E-state index contributed by atoms with van der Waals surface area (Å²) in [5, 5.41) is 7.10. The molecule has 1 N–H and O–H groups in total. The van der Waals surface area contributed by atoms with Crippen molar-refractivity contribution >= 4 is 11.7 Å². The highest BCUT2D eigenvalue weighted by Gasteiger charge is 2.09. The zero-order valence-electron chi connectivity index (χ0n) is 15.3. The molecular weight excluding hydrogens is 330 g/mol. The van der Waals surface area contributed by atoms with Gasteiger partial charge in [0.25, 0.3) is 5.91 Å². The third-order valence-electron chi connectivity index (χ3n) is 3.71. The summed E-state index contributed by atoms with van der Waals surface area (Å²) < 4.78 is 7.27. The fourth-order valence-electron chi connectivity index (χ4n) is 2.74. The lowest BCUT2D eigenvalue weighted by Gasteiger charge is -2.09. The average molecular weight is 351 g/mol. The minimum Gasteiger partial charge on any atom is -0.484 e. The molecule has 0 aliphatic carbocycles. The fraction of sp³-hybridized carbons (Fsp3) is 0.263. The lowest BCUT2D eigenvalue weighted by molar-refractivity contribution is -0.118. The Morgan fingerprint density at radius 1 is 1.04 bits per heavy atom. The highest BCUT2D eigenvalue weighted by Crippen LogP contribution is 2.16. The number of ether oxygens (including phenoxy) is 1. The van der Waals surface area contributed by atoms with Crippen LogP contribution in [-0.4, -0.2) is 32.3 Å². The predicted octanol–water partition coefficient (Wildman–Crippen LogP) is 2.91. The van der Waals surface area contributed by atoms with Crippen LogP contribution in [0, 0.1) is 27.7 Å². The molecule has 7 heteroatoms. The quantitative estimate of drug-likeness (QED) is 0.764. The minimum atomic E-state index is -0.290. The van der Waals surface area contributed by atoms with Crippen molar-refractivity contribution in [3.8, 4) is 11.6 Å². The van der Waals surface area contributed by atoms with E-state index in [0.717, 1.165) is 22.5 Å². The molecule has 3 aromatic rings. The van der Waals surface area contributed by atoms with Crippen molar-refractivity contribution in [1.29, 1.82) is 0 Å². The molecule has 0 bridgehead atoms. The second kappa shape index (κ2) is 7.35. The van der Waals surface area contributed by atoms with Gasteiger partial charge in [-0.3, -0.25) is 4.79 Å². The molecule has 26 heavy (non-hydrogen) atoms. The number of hydrogen-bond donors (Lipinski definition) is 1. The fourth-order valence-corrected chi connectivity index (χ4v) is 2.74. The predicted molar refractivity (Wildman–Crippen MR) is 98.7 cm³/mol. The molecule has 0 radical (unpaired) electrons. The number of nitrogens with one attached hydrogen (secondary N) is 1. The number of aryl methyl sites for hydroxylation is 4. The summed E-state index contributed by atoms with van der Waals surface area (Å²) in [6.45, 7) is 7.74. The normalized spacial score (nSPS) is 10.6. The molecule has 2 heterocycles. The summed E-state index contributed by atoms with van der Waals surface area (Å²) in [5.41, 5.74) is 4.03. The zero-order valence-corrected chi connectivity index (χ0v) is 15.3. The molecule has 3 rings (SSSR count). The smallest absolute Gasteiger partial charge is 0.263 e. The van der Waals surface area contributed by atoms with E-state index in [9.17, 15) is 4.79 Å². The molecule has 0 aliphatic rings. The number of rotatable bonds is 5. The van der Waals surface area contributed by atoms with Crippen molar-refractivity contribution < 1.29 is 9.53 Å². The number of amides is 1. The Balaban J connectivity index is 1.66. The van der Waals surface area contributed by atoms with Crippen LogP contribution in [0.3, 0.4) is 0 Å². The highest BCUT2D eigenvalue weighted by atomic mass is 16.5. The molecule has 7 nitrogen and oxygen atoms in total. The maximum atomic E-state index is 12.2. The zero-order chi connectivity index (χ0) is 18.7. The number of nitrogens with zero attached hydrogens (tertiary/aromatic N) is 4. The van der Waals surface area contributed by atoms with Crippen LogP contribution in [0.25, 0.3) is 5.82 Å². The second-order valence-corrected chi connectivity index (χ2v) is 6.26. The molecule has 0 spiro atoms. The molecule has 0 atom stereocenters. The molecule has 1 aromatic carbocycles. The Labute approximate surface area is 152 Å². The average Bonchev–Trinajstić information content (AvgIpc) is 2.91. The van der Waals surface area contributed by atoms with Crippen LogP contribution in [-0.2, 0) is 4.79 Å². The van der Waals surface area contributed by atoms with Crippen molar-refractivity contribution in [2.45, 2.75) is 27.7 Å². The highest BCUT2D eigenvalue weighted by molar-refractivity contribution is 5.91. The van der Waals surface area contributed by atoms with Crippen molar-refractivity contribution in [2.24, 2.45) is 0 Å². The van der Waals surface area contributed by atoms with Gasteiger partial charge in [0, 0.05) is 11.8 Å². The van der Waals surface area contributed by atoms with Crippen LogP contribution in [0.4, 0.5) is 5.82 Å². The van der Waals surface area contributed by atoms with Crippen molar-refractivity contribution in [3.63, 3.8) is 0 Å². The number of hydrogen-bond acceptors (Lipinski definition) is 5. The molecule has 134 valence electrons. The topological polar surface area (TPSA) is 81.9 Å². The summed E-state index contributed by atoms with van der Waals surface area (Å²) in [4.78, 5) is 20.5. The Kier molecular flexibility index (Phi) is 4.97. The third-order valence-corrected chi connectivity index (χ3v) is 3.71. The van der Waals surface area contributed by atoms with Gasteiger partial charge in [0.2, 0.25) is 0 Å². The second-order valence-electron chi connectivity index (χ2n) is 6.26. The van der Waals surface area contributed by atoms with E-state index in [1.54, 1.807) is 10.7 Å². The van der Waals surface area contributed by atoms with Crippen LogP contribution in [0.1, 0.15) is 22.5 Å². The van der Waals surface area contributed by atoms with Crippen LogP contribution in [0.5, 0.6) is 5.75 Å². The molecule has 0 aliphatic heterocycles. The van der Waals surface area contributed by atoms with E-state index in [-0.39, 0.29) is 12.5 Å². The van der Waals surface area contributed by atoms with E-state index in [1.807, 2.05) is 52.0 Å². The summed E-state index contributed by atoms with van der Waals surface area (Å²) in [5.74, 6) is 1.37. The first-order valence-electron chi connectivity index (χ1n) is 8.27. The van der Waals surface area contributed by atoms with Gasteiger partial charge in [-0.25, -0.2) is 14.6 Å². The summed E-state index contributed by atoms with van der Waals surface area (Å²) >= 11 is 0. The first kappa shape index (κ1) is 17.6. The van der Waals surface area contributed by atoms with Crippen LogP contribution < -0.4 is 10.1 Å². The van der Waals surface area contributed by atoms with E-state index in [4.69, 9.17) is 4.74 Å². The number of benzene rings is 1. The number of carbonyl (C=O) groups is 1. The van der Waals surface area contributed by atoms with Crippen molar-refractivity contribution in [3.05, 3.63) is 59.2 Å². The van der Waals surface area contributed by atoms with Gasteiger partial charge in [0.1, 0.15) is 17.9 Å². The lowest BCUT2D eigenvalue weighted by Crippen LogP contribution is -2.21. The SMILES string of the molecule is Cc1cc(C)cc(OCC(=O)Nc2cc(-n3nc(C)cc3C)ncn2)c1. The van der Waals surface area contributed by atoms with Crippen LogP contribution in [0.15, 0.2) is 36.7 Å². The maximum Gasteiger partial charge on any atom is 0.263 e.